The first-order chi connectivity index (χ1) is 16.7. The van der Waals surface area contributed by atoms with E-state index in [1.165, 1.54) is 19.4 Å². The Balaban J connectivity index is -0.000000428. The first kappa shape index (κ1) is 37.2. The van der Waals surface area contributed by atoms with E-state index in [1.54, 1.807) is 0 Å². The highest BCUT2D eigenvalue weighted by atomic mass is 19.1. The van der Waals surface area contributed by atoms with Crippen LogP contribution >= 0.6 is 0 Å². The summed E-state index contributed by atoms with van der Waals surface area (Å²) in [6.07, 6.45) is 8.13. The van der Waals surface area contributed by atoms with E-state index < -0.39 is 28.9 Å². The van der Waals surface area contributed by atoms with Crippen molar-refractivity contribution in [3.05, 3.63) is 29.3 Å². The number of amides is 1. The van der Waals surface area contributed by atoms with Gasteiger partial charge in [0.05, 0.1) is 11.3 Å². The summed E-state index contributed by atoms with van der Waals surface area (Å²) < 4.78 is 25.8. The van der Waals surface area contributed by atoms with Crippen LogP contribution in [0.3, 0.4) is 0 Å². The fourth-order valence-electron chi connectivity index (χ4n) is 2.88. The Hall–Kier alpha value is -2.39. The summed E-state index contributed by atoms with van der Waals surface area (Å²) in [6, 6.07) is 1.96. The van der Waals surface area contributed by atoms with Gasteiger partial charge in [0, 0.05) is 18.0 Å². The van der Waals surface area contributed by atoms with Gasteiger partial charge < -0.3 is 25.9 Å². The maximum Gasteiger partial charge on any atom is 0.338 e. The van der Waals surface area contributed by atoms with Gasteiger partial charge in [-0.25, -0.2) is 13.6 Å². The first-order valence-corrected chi connectivity index (χ1v) is 12.5. The monoisotopic (exact) mass is 503 g/mol. The molecule has 9 heteroatoms. The van der Waals surface area contributed by atoms with Crippen molar-refractivity contribution in [3.63, 3.8) is 0 Å². The van der Waals surface area contributed by atoms with Gasteiger partial charge in [-0.05, 0) is 65.2 Å². The van der Waals surface area contributed by atoms with E-state index in [4.69, 9.17) is 10.8 Å². The number of nitrogens with two attached hydrogens (primary N) is 1. The third kappa shape index (κ3) is 17.7. The molecule has 2 atom stereocenters. The smallest absolute Gasteiger partial charge is 0.338 e. The van der Waals surface area contributed by atoms with E-state index in [0.29, 0.717) is 12.1 Å². The Morgan fingerprint density at radius 2 is 1.80 bits per heavy atom. The van der Waals surface area contributed by atoms with Gasteiger partial charge in [-0.15, -0.1) is 0 Å². The zero-order valence-corrected chi connectivity index (χ0v) is 22.6. The predicted molar refractivity (Wildman–Crippen MR) is 140 cm³/mol. The molecular formula is C26H47F2N3O4. The molecule has 1 aromatic rings. The Bertz CT molecular complexity index is 683. The Morgan fingerprint density at radius 3 is 2.14 bits per heavy atom. The van der Waals surface area contributed by atoms with Gasteiger partial charge in [0.1, 0.15) is 17.9 Å². The fraction of sp³-hybridized carbons (Fsp3) is 0.654. The molecule has 1 aromatic carbocycles. The Labute approximate surface area is 210 Å². The predicted octanol–water partition coefficient (Wildman–Crippen LogP) is 5.72. The van der Waals surface area contributed by atoms with Crippen molar-refractivity contribution in [1.29, 1.82) is 0 Å². The van der Waals surface area contributed by atoms with Crippen LogP contribution < -0.4 is 11.1 Å². The minimum Gasteiger partial charge on any atom is -0.478 e. The second kappa shape index (κ2) is 24.7. The number of rotatable bonds is 9. The van der Waals surface area contributed by atoms with Crippen molar-refractivity contribution in [2.75, 3.05) is 25.5 Å². The molecule has 204 valence electrons. The van der Waals surface area contributed by atoms with Gasteiger partial charge >= 0.3 is 5.97 Å². The van der Waals surface area contributed by atoms with Crippen molar-refractivity contribution in [1.82, 2.24) is 4.90 Å². The summed E-state index contributed by atoms with van der Waals surface area (Å²) in [5.41, 5.74) is 4.13. The highest BCUT2D eigenvalue weighted by molar-refractivity contribution is 5.89. The lowest BCUT2D eigenvalue weighted by molar-refractivity contribution is -0.111. The van der Waals surface area contributed by atoms with Crippen LogP contribution in [0.1, 0.15) is 90.4 Å². The third-order valence-electron chi connectivity index (χ3n) is 5.13. The quantitative estimate of drug-likeness (QED) is 0.293. The van der Waals surface area contributed by atoms with Gasteiger partial charge in [-0.1, -0.05) is 41.0 Å². The maximum absolute atomic E-state index is 12.9. The SMILES string of the molecule is CC.CC.CC1CCCN1C.CCC(C=O)CCCCN.O=CNc1cc(F)c(C(=O)O)cc1F. The number of nitrogens with zero attached hydrogens (tertiary/aromatic N) is 1. The van der Waals surface area contributed by atoms with E-state index >= 15 is 0 Å². The van der Waals surface area contributed by atoms with Gasteiger partial charge in [0.2, 0.25) is 6.41 Å². The molecule has 0 saturated carbocycles. The molecule has 1 heterocycles. The zero-order chi connectivity index (χ0) is 27.8. The van der Waals surface area contributed by atoms with E-state index in [-0.39, 0.29) is 12.3 Å². The fourth-order valence-corrected chi connectivity index (χ4v) is 2.88. The maximum atomic E-state index is 12.9. The van der Waals surface area contributed by atoms with Crippen molar-refractivity contribution in [3.8, 4) is 0 Å². The van der Waals surface area contributed by atoms with Crippen LogP contribution in [0.15, 0.2) is 12.1 Å². The summed E-state index contributed by atoms with van der Waals surface area (Å²) in [4.78, 5) is 33.0. The minimum atomic E-state index is -1.57. The van der Waals surface area contributed by atoms with Crippen molar-refractivity contribution >= 4 is 24.4 Å². The molecule has 0 aromatic heterocycles. The number of carbonyl (C=O) groups is 3. The van der Waals surface area contributed by atoms with Crippen molar-refractivity contribution < 1.29 is 28.3 Å². The number of benzene rings is 1. The number of aromatic carboxylic acids is 1. The van der Waals surface area contributed by atoms with Crippen LogP contribution in [-0.2, 0) is 9.59 Å². The van der Waals surface area contributed by atoms with E-state index in [9.17, 15) is 23.2 Å². The average Bonchev–Trinajstić information content (AvgIpc) is 3.24. The number of hydrogen-bond donors (Lipinski definition) is 3. The van der Waals surface area contributed by atoms with Crippen molar-refractivity contribution in [2.45, 2.75) is 86.1 Å². The lowest BCUT2D eigenvalue weighted by Gasteiger charge is -2.12. The van der Waals surface area contributed by atoms with E-state index in [0.717, 1.165) is 44.6 Å². The van der Waals surface area contributed by atoms with Crippen LogP contribution in [-0.4, -0.2) is 54.9 Å². The standard InChI is InChI=1S/C8H5F2NO3.C8H17NO.C6H13N.2C2H6/c9-5-2-7(11-3-12)6(10)1-4(5)8(13)14;1-2-8(7-10)5-3-4-6-9;1-6-4-3-5-7(6)2;2*1-2/h1-3H,(H,11,12)(H,13,14);7-8H,2-6,9H2,1H3;6H,3-5H2,1-2H3;2*1-2H3. The summed E-state index contributed by atoms with van der Waals surface area (Å²) >= 11 is 0. The van der Waals surface area contributed by atoms with Gasteiger partial charge in [0.25, 0.3) is 0 Å². The third-order valence-corrected chi connectivity index (χ3v) is 5.13. The largest absolute Gasteiger partial charge is 0.478 e. The van der Waals surface area contributed by atoms with Crippen LogP contribution in [0.2, 0.25) is 0 Å². The van der Waals surface area contributed by atoms with E-state index in [2.05, 4.69) is 18.9 Å². The molecule has 2 unspecified atom stereocenters. The number of aldehydes is 1. The number of carboxylic acid groups (broad SMARTS) is 1. The van der Waals surface area contributed by atoms with Crippen LogP contribution in [0.4, 0.5) is 14.5 Å². The molecule has 1 aliphatic rings. The number of nitrogens with one attached hydrogen (secondary N) is 1. The highest BCUT2D eigenvalue weighted by Gasteiger charge is 2.15. The minimum absolute atomic E-state index is 0.165. The number of likely N-dealkylation sites (tertiary alicyclic amines) is 1. The molecule has 0 spiro atoms. The molecular weight excluding hydrogens is 456 g/mol. The Morgan fingerprint density at radius 1 is 1.20 bits per heavy atom. The zero-order valence-electron chi connectivity index (χ0n) is 22.6. The van der Waals surface area contributed by atoms with Gasteiger partial charge in [-0.2, -0.15) is 0 Å². The average molecular weight is 504 g/mol. The lowest BCUT2D eigenvalue weighted by atomic mass is 10.0. The molecule has 0 radical (unpaired) electrons. The van der Waals surface area contributed by atoms with E-state index in [1.807, 2.05) is 39.9 Å². The molecule has 4 N–H and O–H groups in total. The van der Waals surface area contributed by atoms with Gasteiger partial charge in [0.15, 0.2) is 0 Å². The lowest BCUT2D eigenvalue weighted by Crippen LogP contribution is -2.20. The molecule has 2 rings (SSSR count). The normalized spacial score (nSPS) is 14.7. The molecule has 1 saturated heterocycles. The second-order valence-electron chi connectivity index (χ2n) is 7.44. The second-order valence-corrected chi connectivity index (χ2v) is 7.44. The van der Waals surface area contributed by atoms with Crippen LogP contribution in [0.5, 0.6) is 0 Å². The number of halogens is 2. The molecule has 1 fully saturated rings. The molecule has 35 heavy (non-hydrogen) atoms. The summed E-state index contributed by atoms with van der Waals surface area (Å²) in [7, 11) is 2.19. The molecule has 7 nitrogen and oxygen atoms in total. The number of hydrogen-bond acceptors (Lipinski definition) is 5. The number of anilines is 1. The first-order valence-electron chi connectivity index (χ1n) is 12.5. The van der Waals surface area contributed by atoms with Gasteiger partial charge in [-0.3, -0.25) is 4.79 Å². The van der Waals surface area contributed by atoms with Crippen molar-refractivity contribution in [2.24, 2.45) is 11.7 Å². The topological polar surface area (TPSA) is 113 Å². The summed E-state index contributed by atoms with van der Waals surface area (Å²) in [6.45, 7) is 14.4. The molecule has 0 aliphatic carbocycles. The summed E-state index contributed by atoms with van der Waals surface area (Å²) in [5.74, 6) is -3.41. The van der Waals surface area contributed by atoms with Crippen LogP contribution in [0.25, 0.3) is 0 Å². The summed E-state index contributed by atoms with van der Waals surface area (Å²) in [5, 5.41) is 10.3. The molecule has 1 aliphatic heterocycles. The molecule has 0 bridgehead atoms. The number of carboxylic acids is 1. The van der Waals surface area contributed by atoms with Crippen LogP contribution in [0, 0.1) is 17.6 Å². The number of unbranched alkanes of at least 4 members (excludes halogenated alkanes) is 1. The molecule has 1 amide bonds. The Kier molecular flexibility index (Phi) is 26.3. The number of carbonyl (C=O) groups excluding carboxylic acids is 2. The highest BCUT2D eigenvalue weighted by Crippen LogP contribution is 2.18.